The minimum Gasteiger partial charge on any atom is -0.424 e. The molecule has 2 heterocycles. The van der Waals surface area contributed by atoms with Gasteiger partial charge >= 0.3 is 0 Å². The SMILES string of the molecule is NC(=O)c1cc(-c2cnc(N[C@@H]3CCCC[C@H]3N)o2)ccn1. The van der Waals surface area contributed by atoms with Crippen LogP contribution in [0.1, 0.15) is 36.2 Å². The molecule has 0 bridgehead atoms. The summed E-state index contributed by atoms with van der Waals surface area (Å²) in [5, 5.41) is 3.25. The van der Waals surface area contributed by atoms with Gasteiger partial charge in [0.1, 0.15) is 5.69 Å². The van der Waals surface area contributed by atoms with Crippen LogP contribution in [0.5, 0.6) is 0 Å². The standard InChI is InChI=1S/C15H19N5O2/c16-10-3-1-2-4-11(10)20-15-19-8-13(22-15)9-5-6-18-12(7-9)14(17)21/h5-8,10-11H,1-4,16H2,(H2,17,21)(H,19,20)/t10-,11-/m1/s1. The van der Waals surface area contributed by atoms with Crippen molar-refractivity contribution >= 4 is 11.9 Å². The maximum atomic E-state index is 11.2. The maximum Gasteiger partial charge on any atom is 0.295 e. The van der Waals surface area contributed by atoms with Crippen molar-refractivity contribution in [1.82, 2.24) is 9.97 Å². The number of carbonyl (C=O) groups is 1. The number of hydrogen-bond donors (Lipinski definition) is 3. The Morgan fingerprint density at radius 3 is 2.91 bits per heavy atom. The van der Waals surface area contributed by atoms with Crippen LogP contribution in [0, 0.1) is 0 Å². The average molecular weight is 301 g/mol. The highest BCUT2D eigenvalue weighted by Gasteiger charge is 2.23. The lowest BCUT2D eigenvalue weighted by Crippen LogP contribution is -2.42. The summed E-state index contributed by atoms with van der Waals surface area (Å²) in [6.07, 6.45) is 7.48. The molecule has 0 aliphatic heterocycles. The molecule has 5 N–H and O–H groups in total. The summed E-state index contributed by atoms with van der Waals surface area (Å²) in [4.78, 5) is 19.3. The van der Waals surface area contributed by atoms with Crippen LogP contribution in [-0.2, 0) is 0 Å². The van der Waals surface area contributed by atoms with Crippen molar-refractivity contribution in [2.45, 2.75) is 37.8 Å². The van der Waals surface area contributed by atoms with Gasteiger partial charge in [0.05, 0.1) is 6.20 Å². The van der Waals surface area contributed by atoms with Crippen LogP contribution in [0.4, 0.5) is 6.01 Å². The first-order valence-corrected chi connectivity index (χ1v) is 7.37. The number of rotatable bonds is 4. The van der Waals surface area contributed by atoms with Gasteiger partial charge in [0.2, 0.25) is 0 Å². The second-order valence-corrected chi connectivity index (χ2v) is 5.52. The van der Waals surface area contributed by atoms with E-state index in [0.717, 1.165) is 19.3 Å². The second kappa shape index (κ2) is 6.15. The molecule has 7 nitrogen and oxygen atoms in total. The summed E-state index contributed by atoms with van der Waals surface area (Å²) in [5.41, 5.74) is 12.2. The van der Waals surface area contributed by atoms with E-state index in [1.807, 2.05) is 0 Å². The molecule has 0 radical (unpaired) electrons. The fourth-order valence-electron chi connectivity index (χ4n) is 2.69. The Kier molecular flexibility index (Phi) is 4.06. The fraction of sp³-hybridized carbons (Fsp3) is 0.400. The molecule has 2 atom stereocenters. The molecule has 1 saturated carbocycles. The zero-order chi connectivity index (χ0) is 15.5. The van der Waals surface area contributed by atoms with Crippen LogP contribution < -0.4 is 16.8 Å². The minimum absolute atomic E-state index is 0.117. The number of anilines is 1. The van der Waals surface area contributed by atoms with Gasteiger partial charge in [0, 0.05) is 23.8 Å². The molecule has 2 aromatic heterocycles. The third-order valence-corrected chi connectivity index (χ3v) is 3.93. The predicted octanol–water partition coefficient (Wildman–Crippen LogP) is 1.52. The van der Waals surface area contributed by atoms with E-state index in [-0.39, 0.29) is 17.8 Å². The summed E-state index contributed by atoms with van der Waals surface area (Å²) in [5.74, 6) is -0.0235. The molecule has 1 amide bonds. The van der Waals surface area contributed by atoms with E-state index in [1.165, 1.54) is 12.6 Å². The number of hydrogen-bond acceptors (Lipinski definition) is 6. The van der Waals surface area contributed by atoms with E-state index in [4.69, 9.17) is 15.9 Å². The van der Waals surface area contributed by atoms with Crippen molar-refractivity contribution in [2.75, 3.05) is 5.32 Å². The average Bonchev–Trinajstić information content (AvgIpc) is 2.98. The van der Waals surface area contributed by atoms with Gasteiger partial charge in [-0.05, 0) is 25.0 Å². The number of pyridine rings is 1. The van der Waals surface area contributed by atoms with Crippen LogP contribution in [-0.4, -0.2) is 28.0 Å². The number of carbonyl (C=O) groups excluding carboxylic acids is 1. The predicted molar refractivity (Wildman–Crippen MR) is 82.1 cm³/mol. The molecule has 2 aromatic rings. The molecule has 0 spiro atoms. The number of nitrogens with zero attached hydrogens (tertiary/aromatic N) is 2. The van der Waals surface area contributed by atoms with E-state index in [2.05, 4.69) is 15.3 Å². The molecule has 0 saturated heterocycles. The number of nitrogens with one attached hydrogen (secondary N) is 1. The summed E-state index contributed by atoms with van der Waals surface area (Å²) in [6.45, 7) is 0. The van der Waals surface area contributed by atoms with Gasteiger partial charge in [-0.1, -0.05) is 12.8 Å². The van der Waals surface area contributed by atoms with Crippen molar-refractivity contribution < 1.29 is 9.21 Å². The van der Waals surface area contributed by atoms with Gasteiger partial charge in [0.25, 0.3) is 11.9 Å². The highest BCUT2D eigenvalue weighted by Crippen LogP contribution is 2.25. The molecule has 116 valence electrons. The molecule has 3 rings (SSSR count). The Morgan fingerprint density at radius 1 is 1.32 bits per heavy atom. The van der Waals surface area contributed by atoms with E-state index >= 15 is 0 Å². The summed E-state index contributed by atoms with van der Waals surface area (Å²) >= 11 is 0. The third kappa shape index (κ3) is 3.09. The Balaban J connectivity index is 1.76. The van der Waals surface area contributed by atoms with Crippen LogP contribution in [0.3, 0.4) is 0 Å². The normalized spacial score (nSPS) is 21.5. The highest BCUT2D eigenvalue weighted by molar-refractivity contribution is 5.91. The topological polar surface area (TPSA) is 120 Å². The maximum absolute atomic E-state index is 11.2. The minimum atomic E-state index is -0.576. The van der Waals surface area contributed by atoms with Crippen LogP contribution in [0.2, 0.25) is 0 Å². The molecule has 0 unspecified atom stereocenters. The van der Waals surface area contributed by atoms with Gasteiger partial charge < -0.3 is 21.2 Å². The molecule has 1 aliphatic carbocycles. The van der Waals surface area contributed by atoms with Gasteiger partial charge in [-0.25, -0.2) is 4.98 Å². The quantitative estimate of drug-likeness (QED) is 0.787. The van der Waals surface area contributed by atoms with Crippen LogP contribution in [0.25, 0.3) is 11.3 Å². The molecule has 7 heteroatoms. The van der Waals surface area contributed by atoms with Crippen LogP contribution >= 0.6 is 0 Å². The van der Waals surface area contributed by atoms with Gasteiger partial charge in [0.15, 0.2) is 5.76 Å². The monoisotopic (exact) mass is 301 g/mol. The first-order valence-electron chi connectivity index (χ1n) is 7.37. The van der Waals surface area contributed by atoms with Crippen LogP contribution in [0.15, 0.2) is 28.9 Å². The summed E-state index contributed by atoms with van der Waals surface area (Å²) in [7, 11) is 0. The molecule has 1 aliphatic rings. The third-order valence-electron chi connectivity index (χ3n) is 3.93. The smallest absolute Gasteiger partial charge is 0.295 e. The number of nitrogens with two attached hydrogens (primary N) is 2. The summed E-state index contributed by atoms with van der Waals surface area (Å²) < 4.78 is 5.70. The van der Waals surface area contributed by atoms with Crippen molar-refractivity contribution in [3.05, 3.63) is 30.2 Å². The van der Waals surface area contributed by atoms with E-state index in [0.29, 0.717) is 17.3 Å². The lowest BCUT2D eigenvalue weighted by molar-refractivity contribution is 0.0995. The zero-order valence-electron chi connectivity index (χ0n) is 12.2. The van der Waals surface area contributed by atoms with E-state index < -0.39 is 5.91 Å². The molecule has 22 heavy (non-hydrogen) atoms. The Labute approximate surface area is 128 Å². The van der Waals surface area contributed by atoms with Crippen molar-refractivity contribution in [3.8, 4) is 11.3 Å². The number of aromatic nitrogens is 2. The van der Waals surface area contributed by atoms with E-state index in [9.17, 15) is 4.79 Å². The fourth-order valence-corrected chi connectivity index (χ4v) is 2.69. The molecule has 1 fully saturated rings. The van der Waals surface area contributed by atoms with Gasteiger partial charge in [-0.3, -0.25) is 9.78 Å². The van der Waals surface area contributed by atoms with Crippen molar-refractivity contribution in [3.63, 3.8) is 0 Å². The van der Waals surface area contributed by atoms with Gasteiger partial charge in [-0.15, -0.1) is 0 Å². The Bertz CT molecular complexity index is 669. The lowest BCUT2D eigenvalue weighted by atomic mass is 9.91. The lowest BCUT2D eigenvalue weighted by Gasteiger charge is -2.28. The number of primary amides is 1. The zero-order valence-corrected chi connectivity index (χ0v) is 12.2. The second-order valence-electron chi connectivity index (χ2n) is 5.52. The Morgan fingerprint density at radius 2 is 2.14 bits per heavy atom. The molecule has 0 aromatic carbocycles. The first kappa shape index (κ1) is 14.5. The van der Waals surface area contributed by atoms with E-state index in [1.54, 1.807) is 18.3 Å². The van der Waals surface area contributed by atoms with Crippen molar-refractivity contribution in [2.24, 2.45) is 11.5 Å². The number of amides is 1. The molecular formula is C15H19N5O2. The highest BCUT2D eigenvalue weighted by atomic mass is 16.4. The summed E-state index contributed by atoms with van der Waals surface area (Å²) in [6, 6.07) is 4.06. The molecular weight excluding hydrogens is 282 g/mol. The number of oxazole rings is 1. The van der Waals surface area contributed by atoms with Crippen molar-refractivity contribution in [1.29, 1.82) is 0 Å². The Hall–Kier alpha value is -2.41. The largest absolute Gasteiger partial charge is 0.424 e. The first-order chi connectivity index (χ1) is 10.6. The van der Waals surface area contributed by atoms with Gasteiger partial charge in [-0.2, -0.15) is 0 Å².